The Balaban J connectivity index is 1.70. The molecule has 3 aromatic rings. The second-order valence-electron chi connectivity index (χ2n) is 6.18. The molecular formula is C21H22ClN3O2. The molecule has 0 aliphatic carbocycles. The van der Waals surface area contributed by atoms with Gasteiger partial charge in [0.25, 0.3) is 0 Å². The first-order chi connectivity index (χ1) is 13.1. The maximum absolute atomic E-state index is 12.5. The van der Waals surface area contributed by atoms with Crippen LogP contribution in [-0.4, -0.2) is 36.0 Å². The average Bonchev–Trinajstić information content (AvgIpc) is 2.68. The number of ether oxygens (including phenoxy) is 1. The number of pyridine rings is 1. The van der Waals surface area contributed by atoms with E-state index in [1.165, 1.54) is 0 Å². The molecule has 27 heavy (non-hydrogen) atoms. The number of amides is 1. The molecule has 0 fully saturated rings. The lowest BCUT2D eigenvalue weighted by Gasteiger charge is -2.21. The zero-order chi connectivity index (χ0) is 19.2. The fraction of sp³-hybridized carbons (Fsp3) is 0.238. The van der Waals surface area contributed by atoms with Crippen LogP contribution in [-0.2, 0) is 11.3 Å². The highest BCUT2D eigenvalue weighted by Crippen LogP contribution is 2.24. The van der Waals surface area contributed by atoms with Crippen molar-refractivity contribution < 1.29 is 9.53 Å². The highest BCUT2D eigenvalue weighted by molar-refractivity contribution is 6.30. The smallest absolute Gasteiger partial charge is 0.238 e. The van der Waals surface area contributed by atoms with Gasteiger partial charge in [-0.3, -0.25) is 9.69 Å². The summed E-state index contributed by atoms with van der Waals surface area (Å²) in [6.07, 6.45) is 0. The molecule has 0 atom stereocenters. The number of methoxy groups -OCH3 is 1. The Morgan fingerprint density at radius 1 is 1.19 bits per heavy atom. The van der Waals surface area contributed by atoms with Crippen molar-refractivity contribution in [2.24, 2.45) is 0 Å². The standard InChI is InChI=1S/C21H22ClN3O2/c1-3-25(14-20(26)23-18-10-6-7-11-19(18)27-2)13-16-12-15-8-4-5-9-17(15)24-21(16)22/h4-12H,3,13-14H2,1-2H3,(H,23,26). The van der Waals surface area contributed by atoms with Gasteiger partial charge < -0.3 is 10.1 Å². The number of fused-ring (bicyclic) bond motifs is 1. The average molecular weight is 384 g/mol. The summed E-state index contributed by atoms with van der Waals surface area (Å²) in [7, 11) is 1.58. The number of hydrogen-bond acceptors (Lipinski definition) is 4. The van der Waals surface area contributed by atoms with Gasteiger partial charge in [0.1, 0.15) is 10.9 Å². The van der Waals surface area contributed by atoms with Crippen LogP contribution in [0.5, 0.6) is 5.75 Å². The molecule has 1 aromatic heterocycles. The molecule has 0 bridgehead atoms. The number of hydrogen-bond donors (Lipinski definition) is 1. The third-order valence-electron chi connectivity index (χ3n) is 4.34. The van der Waals surface area contributed by atoms with Gasteiger partial charge in [-0.1, -0.05) is 48.9 Å². The van der Waals surface area contributed by atoms with Crippen LogP contribution in [0.3, 0.4) is 0 Å². The first-order valence-corrected chi connectivity index (χ1v) is 9.18. The molecule has 0 unspecified atom stereocenters. The molecule has 140 valence electrons. The predicted octanol–water partition coefficient (Wildman–Crippen LogP) is 4.36. The maximum atomic E-state index is 12.5. The van der Waals surface area contributed by atoms with Crippen LogP contribution in [0.1, 0.15) is 12.5 Å². The minimum Gasteiger partial charge on any atom is -0.495 e. The van der Waals surface area contributed by atoms with Crippen molar-refractivity contribution in [2.75, 3.05) is 25.5 Å². The van der Waals surface area contributed by atoms with Crippen LogP contribution in [0.15, 0.2) is 54.6 Å². The van der Waals surface area contributed by atoms with Gasteiger partial charge in [0.15, 0.2) is 0 Å². The highest BCUT2D eigenvalue weighted by atomic mass is 35.5. The van der Waals surface area contributed by atoms with E-state index in [4.69, 9.17) is 16.3 Å². The van der Waals surface area contributed by atoms with E-state index in [1.54, 1.807) is 7.11 Å². The highest BCUT2D eigenvalue weighted by Gasteiger charge is 2.14. The second-order valence-corrected chi connectivity index (χ2v) is 6.54. The molecule has 0 saturated carbocycles. The van der Waals surface area contributed by atoms with E-state index < -0.39 is 0 Å². The summed E-state index contributed by atoms with van der Waals surface area (Å²) < 4.78 is 5.28. The lowest BCUT2D eigenvalue weighted by molar-refractivity contribution is -0.117. The number of para-hydroxylation sites is 3. The van der Waals surface area contributed by atoms with Crippen LogP contribution in [0.25, 0.3) is 10.9 Å². The topological polar surface area (TPSA) is 54.5 Å². The molecule has 0 aliphatic rings. The first-order valence-electron chi connectivity index (χ1n) is 8.80. The van der Waals surface area contributed by atoms with Gasteiger partial charge in [0, 0.05) is 17.5 Å². The normalized spacial score (nSPS) is 11.0. The molecule has 2 aromatic carbocycles. The molecule has 0 saturated heterocycles. The summed E-state index contributed by atoms with van der Waals surface area (Å²) in [4.78, 5) is 19.0. The van der Waals surface area contributed by atoms with Gasteiger partial charge in [-0.2, -0.15) is 0 Å². The first kappa shape index (κ1) is 19.1. The van der Waals surface area contributed by atoms with Gasteiger partial charge in [0.05, 0.1) is 24.9 Å². The molecule has 1 heterocycles. The number of carbonyl (C=O) groups excluding carboxylic acids is 1. The summed E-state index contributed by atoms with van der Waals surface area (Å²) >= 11 is 6.36. The van der Waals surface area contributed by atoms with Crippen molar-refractivity contribution in [2.45, 2.75) is 13.5 Å². The number of nitrogens with zero attached hydrogens (tertiary/aromatic N) is 2. The number of carbonyl (C=O) groups is 1. The minimum atomic E-state index is -0.105. The van der Waals surface area contributed by atoms with Crippen molar-refractivity contribution in [3.8, 4) is 5.75 Å². The summed E-state index contributed by atoms with van der Waals surface area (Å²) in [5.74, 6) is 0.530. The summed E-state index contributed by atoms with van der Waals surface area (Å²) in [5, 5.41) is 4.41. The molecule has 3 rings (SSSR count). The summed E-state index contributed by atoms with van der Waals surface area (Å²) in [5.41, 5.74) is 2.43. The number of benzene rings is 2. The van der Waals surface area contributed by atoms with Crippen LogP contribution >= 0.6 is 11.6 Å². The molecule has 1 N–H and O–H groups in total. The minimum absolute atomic E-state index is 0.105. The van der Waals surface area contributed by atoms with E-state index in [0.29, 0.717) is 29.7 Å². The number of aromatic nitrogens is 1. The molecule has 6 heteroatoms. The molecule has 0 spiro atoms. The van der Waals surface area contributed by atoms with Crippen molar-refractivity contribution in [1.82, 2.24) is 9.88 Å². The third-order valence-corrected chi connectivity index (χ3v) is 4.67. The number of likely N-dealkylation sites (N-methyl/N-ethyl adjacent to an activating group) is 1. The fourth-order valence-electron chi connectivity index (χ4n) is 2.91. The van der Waals surface area contributed by atoms with E-state index in [0.717, 1.165) is 16.5 Å². The Morgan fingerprint density at radius 2 is 1.93 bits per heavy atom. The van der Waals surface area contributed by atoms with Gasteiger partial charge in [-0.25, -0.2) is 4.98 Å². The second kappa shape index (κ2) is 8.84. The fourth-order valence-corrected chi connectivity index (χ4v) is 3.11. The Bertz CT molecular complexity index is 946. The molecule has 0 radical (unpaired) electrons. The number of rotatable bonds is 7. The van der Waals surface area contributed by atoms with E-state index in [-0.39, 0.29) is 12.5 Å². The van der Waals surface area contributed by atoms with Crippen molar-refractivity contribution in [3.63, 3.8) is 0 Å². The number of anilines is 1. The number of halogens is 1. The monoisotopic (exact) mass is 383 g/mol. The van der Waals surface area contributed by atoms with Crippen molar-refractivity contribution >= 4 is 34.1 Å². The van der Waals surface area contributed by atoms with E-state index in [9.17, 15) is 4.79 Å². The quantitative estimate of drug-likeness (QED) is 0.616. The van der Waals surface area contributed by atoms with E-state index in [1.807, 2.05) is 66.4 Å². The molecule has 1 amide bonds. The lowest BCUT2D eigenvalue weighted by atomic mass is 10.1. The summed E-state index contributed by atoms with van der Waals surface area (Å²) in [6.45, 7) is 3.52. The van der Waals surface area contributed by atoms with Crippen LogP contribution in [0, 0.1) is 0 Å². The SMILES string of the molecule is CCN(CC(=O)Nc1ccccc1OC)Cc1cc2ccccc2nc1Cl. The van der Waals surface area contributed by atoms with Gasteiger partial charge in [-0.05, 0) is 30.8 Å². The van der Waals surface area contributed by atoms with E-state index >= 15 is 0 Å². The van der Waals surface area contributed by atoms with E-state index in [2.05, 4.69) is 10.3 Å². The zero-order valence-electron chi connectivity index (χ0n) is 15.4. The van der Waals surface area contributed by atoms with Gasteiger partial charge in [0.2, 0.25) is 5.91 Å². The van der Waals surface area contributed by atoms with Gasteiger partial charge >= 0.3 is 0 Å². The number of nitrogens with one attached hydrogen (secondary N) is 1. The lowest BCUT2D eigenvalue weighted by Crippen LogP contribution is -2.33. The van der Waals surface area contributed by atoms with Crippen molar-refractivity contribution in [3.05, 3.63) is 65.3 Å². The van der Waals surface area contributed by atoms with Crippen LogP contribution in [0.2, 0.25) is 5.15 Å². The van der Waals surface area contributed by atoms with Crippen molar-refractivity contribution in [1.29, 1.82) is 0 Å². The summed E-state index contributed by atoms with van der Waals surface area (Å²) in [6, 6.07) is 17.2. The zero-order valence-corrected chi connectivity index (χ0v) is 16.2. The third kappa shape index (κ3) is 4.76. The predicted molar refractivity (Wildman–Crippen MR) is 109 cm³/mol. The largest absolute Gasteiger partial charge is 0.495 e. The molecule has 0 aliphatic heterocycles. The Kier molecular flexibility index (Phi) is 6.27. The Labute approximate surface area is 163 Å². The Morgan fingerprint density at radius 3 is 2.70 bits per heavy atom. The van der Waals surface area contributed by atoms with Crippen LogP contribution < -0.4 is 10.1 Å². The molecular weight excluding hydrogens is 362 g/mol. The Hall–Kier alpha value is -2.63. The van der Waals surface area contributed by atoms with Crippen LogP contribution in [0.4, 0.5) is 5.69 Å². The van der Waals surface area contributed by atoms with Gasteiger partial charge in [-0.15, -0.1) is 0 Å². The molecule has 5 nitrogen and oxygen atoms in total. The maximum Gasteiger partial charge on any atom is 0.238 e.